The Balaban J connectivity index is 1.78. The van der Waals surface area contributed by atoms with Crippen molar-refractivity contribution in [1.29, 1.82) is 0 Å². The highest BCUT2D eigenvalue weighted by Gasteiger charge is 2.16. The second kappa shape index (κ2) is 6.30. The summed E-state index contributed by atoms with van der Waals surface area (Å²) < 4.78 is 0. The van der Waals surface area contributed by atoms with Crippen LogP contribution in [0.15, 0.2) is 18.2 Å². The summed E-state index contributed by atoms with van der Waals surface area (Å²) in [7, 11) is 2.19. The lowest BCUT2D eigenvalue weighted by Crippen LogP contribution is -2.30. The number of anilines is 2. The summed E-state index contributed by atoms with van der Waals surface area (Å²) in [5.74, 6) is 0.831. The number of halogens is 1. The van der Waals surface area contributed by atoms with Crippen LogP contribution < -0.4 is 11.1 Å². The quantitative estimate of drug-likeness (QED) is 0.824. The number of hydrogen-bond donors (Lipinski definition) is 2. The number of nitrogens with one attached hydrogen (secondary N) is 1. The zero-order chi connectivity index (χ0) is 13.0. The number of rotatable bonds is 4. The van der Waals surface area contributed by atoms with Crippen molar-refractivity contribution in [2.24, 2.45) is 5.92 Å². The first-order valence-electron chi connectivity index (χ1n) is 6.63. The van der Waals surface area contributed by atoms with Gasteiger partial charge in [-0.1, -0.05) is 17.7 Å². The van der Waals surface area contributed by atoms with Gasteiger partial charge < -0.3 is 16.0 Å². The Morgan fingerprint density at radius 2 is 2.11 bits per heavy atom. The fourth-order valence-corrected chi connectivity index (χ4v) is 2.73. The van der Waals surface area contributed by atoms with Gasteiger partial charge in [0.1, 0.15) is 0 Å². The molecule has 0 amide bonds. The van der Waals surface area contributed by atoms with E-state index < -0.39 is 0 Å². The highest BCUT2D eigenvalue weighted by molar-refractivity contribution is 6.33. The number of nitrogens with two attached hydrogens (primary N) is 1. The van der Waals surface area contributed by atoms with Gasteiger partial charge in [-0.15, -0.1) is 0 Å². The Bertz CT molecular complexity index is 366. The van der Waals surface area contributed by atoms with Gasteiger partial charge in [-0.3, -0.25) is 0 Å². The van der Waals surface area contributed by atoms with Gasteiger partial charge in [0, 0.05) is 6.54 Å². The third-order valence-corrected chi connectivity index (χ3v) is 4.05. The fourth-order valence-electron chi connectivity index (χ4n) is 2.48. The first-order chi connectivity index (χ1) is 8.66. The van der Waals surface area contributed by atoms with Gasteiger partial charge >= 0.3 is 0 Å². The SMILES string of the molecule is CN1CCC(CCNc2c(N)cccc2Cl)CC1. The normalized spacial score (nSPS) is 17.9. The zero-order valence-electron chi connectivity index (χ0n) is 11.0. The summed E-state index contributed by atoms with van der Waals surface area (Å²) >= 11 is 6.12. The number of para-hydroxylation sites is 1. The molecule has 0 radical (unpaired) electrons. The molecule has 0 atom stereocenters. The van der Waals surface area contributed by atoms with Gasteiger partial charge in [-0.25, -0.2) is 0 Å². The topological polar surface area (TPSA) is 41.3 Å². The number of benzene rings is 1. The van der Waals surface area contributed by atoms with E-state index in [0.29, 0.717) is 5.02 Å². The molecule has 2 rings (SSSR count). The molecule has 1 heterocycles. The second-order valence-corrected chi connectivity index (χ2v) is 5.57. The van der Waals surface area contributed by atoms with Crippen molar-refractivity contribution in [3.8, 4) is 0 Å². The lowest BCUT2D eigenvalue weighted by atomic mass is 9.94. The molecule has 0 spiro atoms. The highest BCUT2D eigenvalue weighted by atomic mass is 35.5. The van der Waals surface area contributed by atoms with Crippen LogP contribution in [0, 0.1) is 5.92 Å². The number of nitrogen functional groups attached to an aromatic ring is 1. The molecule has 4 heteroatoms. The van der Waals surface area contributed by atoms with Crippen molar-refractivity contribution in [1.82, 2.24) is 4.90 Å². The monoisotopic (exact) mass is 267 g/mol. The molecule has 0 saturated carbocycles. The van der Waals surface area contributed by atoms with Crippen molar-refractivity contribution >= 4 is 23.0 Å². The van der Waals surface area contributed by atoms with Gasteiger partial charge in [0.2, 0.25) is 0 Å². The van der Waals surface area contributed by atoms with E-state index in [4.69, 9.17) is 17.3 Å². The van der Waals surface area contributed by atoms with E-state index in [1.54, 1.807) is 0 Å². The van der Waals surface area contributed by atoms with E-state index >= 15 is 0 Å². The van der Waals surface area contributed by atoms with Crippen LogP contribution in [0.3, 0.4) is 0 Å². The summed E-state index contributed by atoms with van der Waals surface area (Å²) in [6.07, 6.45) is 3.80. The Kier molecular flexibility index (Phi) is 4.72. The molecule has 100 valence electrons. The van der Waals surface area contributed by atoms with E-state index in [1.807, 2.05) is 18.2 Å². The molecule has 0 aromatic heterocycles. The predicted octanol–water partition coefficient (Wildman–Crippen LogP) is 3.07. The summed E-state index contributed by atoms with van der Waals surface area (Å²) in [6, 6.07) is 5.62. The maximum Gasteiger partial charge on any atom is 0.0763 e. The number of likely N-dealkylation sites (tertiary alicyclic amines) is 1. The largest absolute Gasteiger partial charge is 0.397 e. The first-order valence-corrected chi connectivity index (χ1v) is 7.01. The molecule has 1 aromatic carbocycles. The van der Waals surface area contributed by atoms with Crippen LogP contribution in [0.5, 0.6) is 0 Å². The molecular formula is C14H22ClN3. The van der Waals surface area contributed by atoms with E-state index in [0.717, 1.165) is 23.8 Å². The van der Waals surface area contributed by atoms with E-state index in [-0.39, 0.29) is 0 Å². The van der Waals surface area contributed by atoms with Crippen LogP contribution in [0.1, 0.15) is 19.3 Å². The number of hydrogen-bond acceptors (Lipinski definition) is 3. The molecule has 1 aliphatic rings. The van der Waals surface area contributed by atoms with Crippen molar-refractivity contribution in [3.63, 3.8) is 0 Å². The summed E-state index contributed by atoms with van der Waals surface area (Å²) in [4.78, 5) is 2.40. The molecule has 1 aliphatic heterocycles. The van der Waals surface area contributed by atoms with Crippen molar-refractivity contribution < 1.29 is 0 Å². The maximum absolute atomic E-state index is 6.12. The molecule has 0 bridgehead atoms. The summed E-state index contributed by atoms with van der Waals surface area (Å²) in [5.41, 5.74) is 7.51. The van der Waals surface area contributed by atoms with E-state index in [1.165, 1.54) is 32.4 Å². The minimum Gasteiger partial charge on any atom is -0.397 e. The lowest BCUT2D eigenvalue weighted by Gasteiger charge is -2.29. The minimum atomic E-state index is 0.707. The molecule has 3 N–H and O–H groups in total. The Labute approximate surface area is 114 Å². The minimum absolute atomic E-state index is 0.707. The van der Waals surface area contributed by atoms with Crippen LogP contribution in [0.25, 0.3) is 0 Å². The van der Waals surface area contributed by atoms with Gasteiger partial charge in [-0.2, -0.15) is 0 Å². The Morgan fingerprint density at radius 1 is 1.39 bits per heavy atom. The molecular weight excluding hydrogens is 246 g/mol. The summed E-state index contributed by atoms with van der Waals surface area (Å²) in [5, 5.41) is 4.08. The van der Waals surface area contributed by atoms with Crippen LogP contribution in [0.2, 0.25) is 5.02 Å². The predicted molar refractivity (Wildman–Crippen MR) is 79.2 cm³/mol. The molecule has 0 unspecified atom stereocenters. The average molecular weight is 268 g/mol. The standard InChI is InChI=1S/C14H22ClN3/c1-18-9-6-11(7-10-18)5-8-17-14-12(15)3-2-4-13(14)16/h2-4,11,17H,5-10,16H2,1H3. The van der Waals surface area contributed by atoms with Crippen molar-refractivity contribution in [2.45, 2.75) is 19.3 Å². The molecule has 18 heavy (non-hydrogen) atoms. The van der Waals surface area contributed by atoms with Gasteiger partial charge in [0.25, 0.3) is 0 Å². The second-order valence-electron chi connectivity index (χ2n) is 5.17. The third kappa shape index (κ3) is 3.53. The smallest absolute Gasteiger partial charge is 0.0763 e. The molecule has 0 aliphatic carbocycles. The van der Waals surface area contributed by atoms with Crippen LogP contribution in [-0.2, 0) is 0 Å². The number of nitrogens with zero attached hydrogens (tertiary/aromatic N) is 1. The highest BCUT2D eigenvalue weighted by Crippen LogP contribution is 2.28. The summed E-state index contributed by atoms with van der Waals surface area (Å²) in [6.45, 7) is 3.39. The lowest BCUT2D eigenvalue weighted by molar-refractivity contribution is 0.215. The van der Waals surface area contributed by atoms with Crippen molar-refractivity contribution in [2.75, 3.05) is 37.7 Å². The van der Waals surface area contributed by atoms with Gasteiger partial charge in [0.15, 0.2) is 0 Å². The van der Waals surface area contributed by atoms with Crippen LogP contribution >= 0.6 is 11.6 Å². The average Bonchev–Trinajstić information content (AvgIpc) is 2.35. The fraction of sp³-hybridized carbons (Fsp3) is 0.571. The Hall–Kier alpha value is -0.930. The number of piperidine rings is 1. The van der Waals surface area contributed by atoms with Crippen molar-refractivity contribution in [3.05, 3.63) is 23.2 Å². The maximum atomic E-state index is 6.12. The van der Waals surface area contributed by atoms with Gasteiger partial charge in [0.05, 0.1) is 16.4 Å². The molecule has 1 fully saturated rings. The van der Waals surface area contributed by atoms with E-state index in [2.05, 4.69) is 17.3 Å². The first kappa shape index (κ1) is 13.5. The third-order valence-electron chi connectivity index (χ3n) is 3.74. The van der Waals surface area contributed by atoms with Crippen LogP contribution in [0.4, 0.5) is 11.4 Å². The van der Waals surface area contributed by atoms with Crippen LogP contribution in [-0.4, -0.2) is 31.6 Å². The molecule has 1 saturated heterocycles. The zero-order valence-corrected chi connectivity index (χ0v) is 11.7. The molecule has 3 nitrogen and oxygen atoms in total. The molecule has 1 aromatic rings. The van der Waals surface area contributed by atoms with E-state index in [9.17, 15) is 0 Å². The van der Waals surface area contributed by atoms with Gasteiger partial charge in [-0.05, 0) is 57.5 Å². The Morgan fingerprint density at radius 3 is 2.78 bits per heavy atom.